The van der Waals surface area contributed by atoms with E-state index in [-0.39, 0.29) is 24.4 Å². The molecule has 0 radical (unpaired) electrons. The van der Waals surface area contributed by atoms with E-state index in [0.29, 0.717) is 0 Å². The van der Waals surface area contributed by atoms with Gasteiger partial charge in [-0.15, -0.1) is 0 Å². The summed E-state index contributed by atoms with van der Waals surface area (Å²) in [6.45, 7) is 8.59. The predicted molar refractivity (Wildman–Crippen MR) is 65.1 cm³/mol. The largest absolute Gasteiger partial charge is 0.511 e. The molecule has 0 aromatic heterocycles. The zero-order chi connectivity index (χ0) is 15.5. The van der Waals surface area contributed by atoms with Crippen LogP contribution in [0.4, 0.5) is 4.79 Å². The summed E-state index contributed by atoms with van der Waals surface area (Å²) in [5, 5.41) is 0. The van der Waals surface area contributed by atoms with Gasteiger partial charge in [0.2, 0.25) is 6.79 Å². The van der Waals surface area contributed by atoms with Crippen LogP contribution in [0.15, 0.2) is 24.3 Å². The minimum absolute atomic E-state index is 0.171. The average molecular weight is 288 g/mol. The molecule has 0 aliphatic heterocycles. The third kappa shape index (κ3) is 8.70. The number of ether oxygens (including phenoxy) is 3. The maximum Gasteiger partial charge on any atom is 0.511 e. The summed E-state index contributed by atoms with van der Waals surface area (Å²) >= 11 is 0. The van der Waals surface area contributed by atoms with Gasteiger partial charge in [-0.05, 0) is 13.8 Å². The monoisotopic (exact) mass is 288 g/mol. The van der Waals surface area contributed by atoms with Crippen LogP contribution in [0, 0.1) is 0 Å². The van der Waals surface area contributed by atoms with Crippen molar-refractivity contribution in [3.8, 4) is 0 Å². The van der Waals surface area contributed by atoms with Gasteiger partial charge in [0.25, 0.3) is 0 Å². The Morgan fingerprint density at radius 3 is 2.00 bits per heavy atom. The zero-order valence-corrected chi connectivity index (χ0v) is 11.3. The van der Waals surface area contributed by atoms with Crippen LogP contribution in [0.3, 0.4) is 0 Å². The van der Waals surface area contributed by atoms with Gasteiger partial charge >= 0.3 is 18.1 Å². The second-order valence-electron chi connectivity index (χ2n) is 3.55. The average Bonchev–Trinajstić information content (AvgIpc) is 2.37. The maximum absolute atomic E-state index is 11.0. The predicted octanol–water partition coefficient (Wildman–Crippen LogP) is 1.27. The normalized spacial score (nSPS) is 9.30. The minimum Gasteiger partial charge on any atom is -0.432 e. The molecule has 0 fully saturated rings. The third-order valence-corrected chi connectivity index (χ3v) is 1.58. The maximum atomic E-state index is 11.0. The molecule has 0 bridgehead atoms. The lowest BCUT2D eigenvalue weighted by atomic mass is 10.4. The van der Waals surface area contributed by atoms with Gasteiger partial charge in [-0.2, -0.15) is 4.89 Å². The second kappa shape index (κ2) is 9.56. The van der Waals surface area contributed by atoms with Crippen molar-refractivity contribution < 1.29 is 38.4 Å². The molecular weight excluding hydrogens is 272 g/mol. The molecule has 0 aromatic carbocycles. The van der Waals surface area contributed by atoms with E-state index in [0.717, 1.165) is 0 Å². The minimum atomic E-state index is -1.06. The van der Waals surface area contributed by atoms with E-state index in [4.69, 9.17) is 0 Å². The molecule has 0 aromatic rings. The Bertz CT molecular complexity index is 398. The first-order chi connectivity index (χ1) is 9.34. The number of carbonyl (C=O) groups is 3. The highest BCUT2D eigenvalue weighted by molar-refractivity contribution is 5.87. The van der Waals surface area contributed by atoms with Gasteiger partial charge in [0.15, 0.2) is 0 Å². The van der Waals surface area contributed by atoms with Gasteiger partial charge < -0.3 is 14.2 Å². The molecule has 8 heteroatoms. The molecule has 0 amide bonds. The fraction of sp³-hybridized carbons (Fsp3) is 0.417. The fourth-order valence-corrected chi connectivity index (χ4v) is 0.621. The summed E-state index contributed by atoms with van der Waals surface area (Å²) in [6.07, 6.45) is -1.06. The van der Waals surface area contributed by atoms with Crippen molar-refractivity contribution in [2.24, 2.45) is 0 Å². The molecule has 8 nitrogen and oxygen atoms in total. The van der Waals surface area contributed by atoms with Crippen LogP contribution in [0.2, 0.25) is 0 Å². The van der Waals surface area contributed by atoms with Crippen molar-refractivity contribution in [1.82, 2.24) is 0 Å². The molecule has 0 saturated carbocycles. The molecule has 0 aliphatic carbocycles. The Labute approximate surface area is 115 Å². The van der Waals surface area contributed by atoms with Gasteiger partial charge in [0, 0.05) is 11.1 Å². The lowest BCUT2D eigenvalue weighted by molar-refractivity contribution is -0.271. The lowest BCUT2D eigenvalue weighted by Gasteiger charge is -2.07. The number of rotatable bonds is 8. The molecule has 0 aliphatic rings. The van der Waals surface area contributed by atoms with E-state index in [9.17, 15) is 14.4 Å². The molecule has 0 N–H and O–H groups in total. The molecule has 20 heavy (non-hydrogen) atoms. The Hall–Kier alpha value is -2.35. The van der Waals surface area contributed by atoms with Gasteiger partial charge in [-0.25, -0.2) is 14.4 Å². The van der Waals surface area contributed by atoms with Crippen LogP contribution in [0.5, 0.6) is 0 Å². The topological polar surface area (TPSA) is 97.4 Å². The van der Waals surface area contributed by atoms with Crippen LogP contribution in [0.1, 0.15) is 13.8 Å². The first-order valence-corrected chi connectivity index (χ1v) is 5.46. The summed E-state index contributed by atoms with van der Waals surface area (Å²) in [6, 6.07) is 0. The Kier molecular flexibility index (Phi) is 8.44. The molecule has 0 rings (SSSR count). The SMILES string of the molecule is C=C(C)C(=O)OCOC(=O)OCCOOC(=O)C(=C)C. The second-order valence-corrected chi connectivity index (χ2v) is 3.55. The van der Waals surface area contributed by atoms with Gasteiger partial charge in [-0.3, -0.25) is 4.89 Å². The quantitative estimate of drug-likeness (QED) is 0.164. The number of hydrogen-bond donors (Lipinski definition) is 0. The highest BCUT2D eigenvalue weighted by Crippen LogP contribution is 1.95. The number of hydrogen-bond acceptors (Lipinski definition) is 8. The van der Waals surface area contributed by atoms with Gasteiger partial charge in [0.05, 0.1) is 0 Å². The van der Waals surface area contributed by atoms with E-state index >= 15 is 0 Å². The number of esters is 1. The third-order valence-electron chi connectivity index (χ3n) is 1.58. The number of carbonyl (C=O) groups excluding carboxylic acids is 3. The molecule has 112 valence electrons. The van der Waals surface area contributed by atoms with Crippen molar-refractivity contribution in [2.45, 2.75) is 13.8 Å². The van der Waals surface area contributed by atoms with Crippen molar-refractivity contribution in [2.75, 3.05) is 20.0 Å². The van der Waals surface area contributed by atoms with E-state index in [1.54, 1.807) is 0 Å². The molecule has 0 unspecified atom stereocenters. The summed E-state index contributed by atoms with van der Waals surface area (Å²) in [5.74, 6) is -1.41. The van der Waals surface area contributed by atoms with Crippen molar-refractivity contribution in [3.63, 3.8) is 0 Å². The first kappa shape index (κ1) is 17.6. The highest BCUT2D eigenvalue weighted by Gasteiger charge is 2.08. The Morgan fingerprint density at radius 1 is 0.850 bits per heavy atom. The standard InChI is InChI=1S/C12H16O8/c1-8(2)10(13)17-7-18-12(15)16-5-6-19-20-11(14)9(3)4/h1,3,5-7H2,2,4H3. The molecule has 0 spiro atoms. The Morgan fingerprint density at radius 2 is 1.45 bits per heavy atom. The molecule has 0 saturated heterocycles. The van der Waals surface area contributed by atoms with Gasteiger partial charge in [-0.1, -0.05) is 13.2 Å². The van der Waals surface area contributed by atoms with Crippen molar-refractivity contribution in [1.29, 1.82) is 0 Å². The van der Waals surface area contributed by atoms with E-state index in [2.05, 4.69) is 37.1 Å². The summed E-state index contributed by atoms with van der Waals surface area (Å²) in [5.41, 5.74) is 0.347. The van der Waals surface area contributed by atoms with E-state index in [1.807, 2.05) is 0 Å². The summed E-state index contributed by atoms with van der Waals surface area (Å²) in [4.78, 5) is 41.5. The molecule has 0 atom stereocenters. The van der Waals surface area contributed by atoms with Crippen LogP contribution < -0.4 is 0 Å². The zero-order valence-electron chi connectivity index (χ0n) is 11.3. The van der Waals surface area contributed by atoms with Gasteiger partial charge in [0.1, 0.15) is 13.2 Å². The lowest BCUT2D eigenvalue weighted by Crippen LogP contribution is -2.17. The Balaban J connectivity index is 3.55. The van der Waals surface area contributed by atoms with Crippen LogP contribution in [-0.4, -0.2) is 38.1 Å². The fourth-order valence-electron chi connectivity index (χ4n) is 0.621. The van der Waals surface area contributed by atoms with Crippen LogP contribution in [-0.2, 0) is 33.6 Å². The smallest absolute Gasteiger partial charge is 0.432 e. The first-order valence-electron chi connectivity index (χ1n) is 5.46. The van der Waals surface area contributed by atoms with E-state index < -0.39 is 24.9 Å². The van der Waals surface area contributed by atoms with Crippen molar-refractivity contribution in [3.05, 3.63) is 24.3 Å². The summed E-state index contributed by atoms with van der Waals surface area (Å²) < 4.78 is 13.4. The van der Waals surface area contributed by atoms with E-state index in [1.165, 1.54) is 13.8 Å². The molecular formula is C12H16O8. The highest BCUT2D eigenvalue weighted by atomic mass is 17.2. The molecule has 0 heterocycles. The summed E-state index contributed by atoms with van der Waals surface area (Å²) in [7, 11) is 0. The van der Waals surface area contributed by atoms with Crippen LogP contribution >= 0.6 is 0 Å². The van der Waals surface area contributed by atoms with Crippen molar-refractivity contribution >= 4 is 18.1 Å². The van der Waals surface area contributed by atoms with Crippen LogP contribution in [0.25, 0.3) is 0 Å².